The molecule has 1 unspecified atom stereocenters. The van der Waals surface area contributed by atoms with E-state index in [0.29, 0.717) is 6.04 Å². The number of para-hydroxylation sites is 1. The molecule has 0 bridgehead atoms. The molecular formula is C17H26N2O2. The van der Waals surface area contributed by atoms with Gasteiger partial charge in [-0.2, -0.15) is 0 Å². The van der Waals surface area contributed by atoms with E-state index in [9.17, 15) is 0 Å². The van der Waals surface area contributed by atoms with E-state index in [0.717, 1.165) is 45.2 Å². The molecule has 116 valence electrons. The van der Waals surface area contributed by atoms with Gasteiger partial charge >= 0.3 is 0 Å². The molecule has 0 aliphatic carbocycles. The Labute approximate surface area is 127 Å². The number of morpholine rings is 1. The number of hydrogen-bond acceptors (Lipinski definition) is 4. The third-order valence-corrected chi connectivity index (χ3v) is 4.46. The zero-order chi connectivity index (χ0) is 14.3. The summed E-state index contributed by atoms with van der Waals surface area (Å²) < 4.78 is 11.3. The number of likely N-dealkylation sites (tertiary alicyclic amines) is 1. The summed E-state index contributed by atoms with van der Waals surface area (Å²) in [5.41, 5.74) is 0. The van der Waals surface area contributed by atoms with E-state index >= 15 is 0 Å². The van der Waals surface area contributed by atoms with E-state index < -0.39 is 0 Å². The monoisotopic (exact) mass is 290 g/mol. The summed E-state index contributed by atoms with van der Waals surface area (Å²) in [7, 11) is 0. The molecule has 2 saturated heterocycles. The Morgan fingerprint density at radius 2 is 1.90 bits per heavy atom. The van der Waals surface area contributed by atoms with E-state index in [1.54, 1.807) is 0 Å². The Hall–Kier alpha value is -1.10. The van der Waals surface area contributed by atoms with E-state index in [4.69, 9.17) is 9.47 Å². The zero-order valence-electron chi connectivity index (χ0n) is 12.7. The number of nitrogens with zero attached hydrogens (tertiary/aromatic N) is 2. The average Bonchev–Trinajstić information content (AvgIpc) is 2.57. The fourth-order valence-electron chi connectivity index (χ4n) is 3.28. The van der Waals surface area contributed by atoms with Gasteiger partial charge in [-0.3, -0.25) is 9.80 Å². The summed E-state index contributed by atoms with van der Waals surface area (Å²) in [6, 6.07) is 10.8. The molecule has 4 nitrogen and oxygen atoms in total. The summed E-state index contributed by atoms with van der Waals surface area (Å²) in [6.45, 7) is 8.17. The molecule has 2 aliphatic rings. The molecule has 1 aromatic rings. The average molecular weight is 290 g/mol. The van der Waals surface area contributed by atoms with Gasteiger partial charge < -0.3 is 9.47 Å². The molecule has 4 heteroatoms. The Morgan fingerprint density at radius 1 is 1.10 bits per heavy atom. The maximum Gasteiger partial charge on any atom is 0.119 e. The number of benzene rings is 1. The molecule has 21 heavy (non-hydrogen) atoms. The standard InChI is InChI=1S/C17H26N2O2/c1-2-6-17(7-3-1)21-14-9-18-8-4-5-16(15-18)19-10-12-20-13-11-19/h1-3,6-7,16H,4-5,8-15H2. The first-order valence-electron chi connectivity index (χ1n) is 8.14. The third-order valence-electron chi connectivity index (χ3n) is 4.46. The lowest BCUT2D eigenvalue weighted by Gasteiger charge is -2.40. The van der Waals surface area contributed by atoms with Crippen LogP contribution >= 0.6 is 0 Å². The van der Waals surface area contributed by atoms with Crippen molar-refractivity contribution in [2.24, 2.45) is 0 Å². The molecule has 2 heterocycles. The van der Waals surface area contributed by atoms with Crippen LogP contribution in [0.4, 0.5) is 0 Å². The molecule has 0 aromatic heterocycles. The molecule has 0 N–H and O–H groups in total. The van der Waals surface area contributed by atoms with Crippen molar-refractivity contribution >= 4 is 0 Å². The van der Waals surface area contributed by atoms with Crippen LogP contribution in [0.2, 0.25) is 0 Å². The minimum absolute atomic E-state index is 0.708. The van der Waals surface area contributed by atoms with Crippen LogP contribution in [-0.4, -0.2) is 68.4 Å². The maximum absolute atomic E-state index is 5.81. The van der Waals surface area contributed by atoms with Crippen molar-refractivity contribution in [2.45, 2.75) is 18.9 Å². The second-order valence-electron chi connectivity index (χ2n) is 5.91. The van der Waals surface area contributed by atoms with Gasteiger partial charge in [-0.1, -0.05) is 18.2 Å². The highest BCUT2D eigenvalue weighted by atomic mass is 16.5. The van der Waals surface area contributed by atoms with Gasteiger partial charge in [0.1, 0.15) is 12.4 Å². The predicted molar refractivity (Wildman–Crippen MR) is 83.8 cm³/mol. The molecule has 1 atom stereocenters. The Balaban J connectivity index is 1.41. The van der Waals surface area contributed by atoms with Crippen LogP contribution in [0.5, 0.6) is 5.75 Å². The largest absolute Gasteiger partial charge is 0.492 e. The van der Waals surface area contributed by atoms with E-state index in [1.807, 2.05) is 30.3 Å². The van der Waals surface area contributed by atoms with Crippen LogP contribution in [0.25, 0.3) is 0 Å². The first-order valence-corrected chi connectivity index (χ1v) is 8.14. The van der Waals surface area contributed by atoms with Crippen molar-refractivity contribution in [3.63, 3.8) is 0 Å². The smallest absolute Gasteiger partial charge is 0.119 e. The number of ether oxygens (including phenoxy) is 2. The van der Waals surface area contributed by atoms with Gasteiger partial charge in [0.15, 0.2) is 0 Å². The Morgan fingerprint density at radius 3 is 2.71 bits per heavy atom. The van der Waals surface area contributed by atoms with Gasteiger partial charge in [0.05, 0.1) is 13.2 Å². The van der Waals surface area contributed by atoms with E-state index in [-0.39, 0.29) is 0 Å². The maximum atomic E-state index is 5.81. The lowest BCUT2D eigenvalue weighted by atomic mass is 10.0. The van der Waals surface area contributed by atoms with Crippen molar-refractivity contribution in [1.82, 2.24) is 9.80 Å². The molecule has 3 rings (SSSR count). The van der Waals surface area contributed by atoms with Gasteiger partial charge in [0.25, 0.3) is 0 Å². The highest BCUT2D eigenvalue weighted by molar-refractivity contribution is 5.20. The molecule has 0 spiro atoms. The lowest BCUT2D eigenvalue weighted by molar-refractivity contribution is -0.00379. The summed E-state index contributed by atoms with van der Waals surface area (Å²) in [5, 5.41) is 0. The van der Waals surface area contributed by atoms with Crippen LogP contribution in [-0.2, 0) is 4.74 Å². The van der Waals surface area contributed by atoms with Crippen molar-refractivity contribution in [3.05, 3.63) is 30.3 Å². The van der Waals surface area contributed by atoms with Gasteiger partial charge in [-0.15, -0.1) is 0 Å². The van der Waals surface area contributed by atoms with Crippen LogP contribution in [0.3, 0.4) is 0 Å². The van der Waals surface area contributed by atoms with E-state index in [1.165, 1.54) is 25.9 Å². The molecule has 0 amide bonds. The number of hydrogen-bond donors (Lipinski definition) is 0. The summed E-state index contributed by atoms with van der Waals surface area (Å²) in [5.74, 6) is 0.972. The van der Waals surface area contributed by atoms with Gasteiger partial charge in [0, 0.05) is 32.2 Å². The van der Waals surface area contributed by atoms with Crippen molar-refractivity contribution in [2.75, 3.05) is 52.5 Å². The van der Waals surface area contributed by atoms with Crippen molar-refractivity contribution in [3.8, 4) is 5.75 Å². The summed E-state index contributed by atoms with van der Waals surface area (Å²) in [6.07, 6.45) is 2.63. The molecular weight excluding hydrogens is 264 g/mol. The van der Waals surface area contributed by atoms with Crippen LogP contribution in [0, 0.1) is 0 Å². The summed E-state index contributed by atoms with van der Waals surface area (Å²) >= 11 is 0. The van der Waals surface area contributed by atoms with Crippen LogP contribution in [0.1, 0.15) is 12.8 Å². The zero-order valence-corrected chi connectivity index (χ0v) is 12.7. The quantitative estimate of drug-likeness (QED) is 0.826. The molecule has 0 saturated carbocycles. The minimum atomic E-state index is 0.708. The van der Waals surface area contributed by atoms with Crippen molar-refractivity contribution in [1.29, 1.82) is 0 Å². The topological polar surface area (TPSA) is 24.9 Å². The SMILES string of the molecule is c1ccc(OCCN2CCCC(N3CCOCC3)C2)cc1. The lowest BCUT2D eigenvalue weighted by Crippen LogP contribution is -2.52. The second-order valence-corrected chi connectivity index (χ2v) is 5.91. The first-order chi connectivity index (χ1) is 10.4. The number of rotatable bonds is 5. The third kappa shape index (κ3) is 4.43. The van der Waals surface area contributed by atoms with Gasteiger partial charge in [0.2, 0.25) is 0 Å². The first kappa shape index (κ1) is 14.8. The molecule has 2 fully saturated rings. The second kappa shape index (κ2) is 7.78. The fourth-order valence-corrected chi connectivity index (χ4v) is 3.28. The van der Waals surface area contributed by atoms with E-state index in [2.05, 4.69) is 9.80 Å². The highest BCUT2D eigenvalue weighted by Gasteiger charge is 2.26. The number of piperidine rings is 1. The predicted octanol–water partition coefficient (Wildman–Crippen LogP) is 1.86. The minimum Gasteiger partial charge on any atom is -0.492 e. The fraction of sp³-hybridized carbons (Fsp3) is 0.647. The molecule has 0 radical (unpaired) electrons. The van der Waals surface area contributed by atoms with Gasteiger partial charge in [-0.25, -0.2) is 0 Å². The Bertz CT molecular complexity index is 407. The van der Waals surface area contributed by atoms with Crippen LogP contribution < -0.4 is 4.74 Å². The Kier molecular flexibility index (Phi) is 5.49. The molecule has 1 aromatic carbocycles. The van der Waals surface area contributed by atoms with Gasteiger partial charge in [-0.05, 0) is 31.5 Å². The molecule has 2 aliphatic heterocycles. The van der Waals surface area contributed by atoms with Crippen molar-refractivity contribution < 1.29 is 9.47 Å². The highest BCUT2D eigenvalue weighted by Crippen LogP contribution is 2.17. The normalized spacial score (nSPS) is 24.9. The summed E-state index contributed by atoms with van der Waals surface area (Å²) in [4.78, 5) is 5.15. The van der Waals surface area contributed by atoms with Crippen LogP contribution in [0.15, 0.2) is 30.3 Å².